The van der Waals surface area contributed by atoms with E-state index in [0.29, 0.717) is 24.6 Å². The predicted octanol–water partition coefficient (Wildman–Crippen LogP) is 1.38. The molecule has 1 amide bonds. The topological polar surface area (TPSA) is 115 Å². The van der Waals surface area contributed by atoms with Gasteiger partial charge in [0, 0.05) is 30.8 Å². The maximum Gasteiger partial charge on any atom is 0.292 e. The smallest absolute Gasteiger partial charge is 0.292 e. The second kappa shape index (κ2) is 6.09. The van der Waals surface area contributed by atoms with Crippen molar-refractivity contribution in [3.63, 3.8) is 0 Å². The first-order valence-electron chi connectivity index (χ1n) is 6.99. The number of nitrogens with two attached hydrogens (primary N) is 2. The molecule has 0 saturated carbocycles. The van der Waals surface area contributed by atoms with Crippen molar-refractivity contribution in [1.29, 1.82) is 0 Å². The lowest BCUT2D eigenvalue weighted by Gasteiger charge is -2.33. The number of benzene rings is 1. The van der Waals surface area contributed by atoms with Gasteiger partial charge in [0.15, 0.2) is 0 Å². The van der Waals surface area contributed by atoms with E-state index < -0.39 is 4.92 Å². The summed E-state index contributed by atoms with van der Waals surface area (Å²) >= 11 is 0. The van der Waals surface area contributed by atoms with E-state index in [4.69, 9.17) is 11.5 Å². The van der Waals surface area contributed by atoms with Crippen molar-refractivity contribution in [3.8, 4) is 0 Å². The summed E-state index contributed by atoms with van der Waals surface area (Å²) < 4.78 is 0. The van der Waals surface area contributed by atoms with Gasteiger partial charge in [0.2, 0.25) is 0 Å². The van der Waals surface area contributed by atoms with Crippen molar-refractivity contribution in [1.82, 2.24) is 4.90 Å². The van der Waals surface area contributed by atoms with Crippen molar-refractivity contribution >= 4 is 17.3 Å². The van der Waals surface area contributed by atoms with Crippen LogP contribution in [0.15, 0.2) is 18.2 Å². The number of carbonyl (C=O) groups is 1. The SMILES string of the molecule is CC(N)C1CCN(C(=O)c2ccc(N)c([N+](=O)[O-])c2)CC1. The molecule has 0 bridgehead atoms. The van der Waals surface area contributed by atoms with Gasteiger partial charge in [-0.3, -0.25) is 14.9 Å². The quantitative estimate of drug-likeness (QED) is 0.496. The van der Waals surface area contributed by atoms with Crippen molar-refractivity contribution in [3.05, 3.63) is 33.9 Å². The van der Waals surface area contributed by atoms with Crippen LogP contribution < -0.4 is 11.5 Å². The van der Waals surface area contributed by atoms with E-state index in [0.717, 1.165) is 12.8 Å². The number of nitro groups is 1. The molecule has 1 atom stereocenters. The third kappa shape index (κ3) is 3.30. The maximum atomic E-state index is 12.4. The van der Waals surface area contributed by atoms with Crippen LogP contribution in [0.1, 0.15) is 30.1 Å². The maximum absolute atomic E-state index is 12.4. The molecule has 0 aromatic heterocycles. The lowest BCUT2D eigenvalue weighted by molar-refractivity contribution is -0.383. The molecule has 7 nitrogen and oxygen atoms in total. The Morgan fingerprint density at radius 3 is 2.57 bits per heavy atom. The van der Waals surface area contributed by atoms with Crippen LogP contribution in [-0.2, 0) is 0 Å². The van der Waals surface area contributed by atoms with Crippen LogP contribution in [0.5, 0.6) is 0 Å². The highest BCUT2D eigenvalue weighted by Crippen LogP contribution is 2.25. The summed E-state index contributed by atoms with van der Waals surface area (Å²) in [4.78, 5) is 24.4. The molecule has 0 radical (unpaired) electrons. The largest absolute Gasteiger partial charge is 0.393 e. The molecule has 1 aromatic rings. The fourth-order valence-corrected chi connectivity index (χ4v) is 2.65. The second-order valence-electron chi connectivity index (χ2n) is 5.52. The summed E-state index contributed by atoms with van der Waals surface area (Å²) in [5, 5.41) is 10.9. The molecule has 21 heavy (non-hydrogen) atoms. The fraction of sp³-hybridized carbons (Fsp3) is 0.500. The molecule has 1 aliphatic rings. The molecule has 1 aliphatic heterocycles. The number of carbonyl (C=O) groups excluding carboxylic acids is 1. The first-order valence-corrected chi connectivity index (χ1v) is 6.99. The minimum Gasteiger partial charge on any atom is -0.393 e. The summed E-state index contributed by atoms with van der Waals surface area (Å²) in [6.07, 6.45) is 1.72. The van der Waals surface area contributed by atoms with Gasteiger partial charge in [-0.25, -0.2) is 0 Å². The molecule has 4 N–H and O–H groups in total. The van der Waals surface area contributed by atoms with Gasteiger partial charge in [-0.15, -0.1) is 0 Å². The highest BCUT2D eigenvalue weighted by atomic mass is 16.6. The Bertz CT molecular complexity index is 551. The van der Waals surface area contributed by atoms with E-state index in [2.05, 4.69) is 0 Å². The van der Waals surface area contributed by atoms with Gasteiger partial charge in [0.05, 0.1) is 4.92 Å². The van der Waals surface area contributed by atoms with Crippen LogP contribution in [0.4, 0.5) is 11.4 Å². The average Bonchev–Trinajstić information content (AvgIpc) is 2.46. The van der Waals surface area contributed by atoms with Gasteiger partial charge in [0.1, 0.15) is 5.69 Å². The minimum absolute atomic E-state index is 0.0622. The first-order chi connectivity index (χ1) is 9.90. The number of amides is 1. The zero-order chi connectivity index (χ0) is 15.6. The lowest BCUT2D eigenvalue weighted by Crippen LogP contribution is -2.42. The molecule has 0 spiro atoms. The monoisotopic (exact) mass is 292 g/mol. The summed E-state index contributed by atoms with van der Waals surface area (Å²) in [7, 11) is 0. The Labute approximate surface area is 123 Å². The normalized spacial score (nSPS) is 17.5. The summed E-state index contributed by atoms with van der Waals surface area (Å²) in [5.74, 6) is 0.232. The second-order valence-corrected chi connectivity index (χ2v) is 5.52. The number of hydrogen-bond donors (Lipinski definition) is 2. The molecule has 1 fully saturated rings. The first kappa shape index (κ1) is 15.2. The number of likely N-dealkylation sites (tertiary alicyclic amines) is 1. The standard InChI is InChI=1S/C14H20N4O3/c1-9(15)10-4-6-17(7-5-10)14(19)11-2-3-12(16)13(8-11)18(20)21/h2-3,8-10H,4-7,15-16H2,1H3. The molecular formula is C14H20N4O3. The number of piperidine rings is 1. The van der Waals surface area contributed by atoms with E-state index >= 15 is 0 Å². The zero-order valence-corrected chi connectivity index (χ0v) is 12.0. The number of anilines is 1. The predicted molar refractivity (Wildman–Crippen MR) is 79.8 cm³/mol. The van der Waals surface area contributed by atoms with Crippen molar-refractivity contribution < 1.29 is 9.72 Å². The minimum atomic E-state index is -0.575. The van der Waals surface area contributed by atoms with Crippen LogP contribution in [0.3, 0.4) is 0 Å². The summed E-state index contributed by atoms with van der Waals surface area (Å²) in [5.41, 5.74) is 11.6. The Morgan fingerprint density at radius 2 is 2.05 bits per heavy atom. The molecule has 1 aromatic carbocycles. The molecular weight excluding hydrogens is 272 g/mol. The van der Waals surface area contributed by atoms with E-state index in [1.54, 1.807) is 4.90 Å². The van der Waals surface area contributed by atoms with Crippen molar-refractivity contribution in [2.24, 2.45) is 11.7 Å². The van der Waals surface area contributed by atoms with Gasteiger partial charge >= 0.3 is 0 Å². The summed E-state index contributed by atoms with van der Waals surface area (Å²) in [6, 6.07) is 4.30. The third-order valence-electron chi connectivity index (χ3n) is 4.04. The van der Waals surface area contributed by atoms with Crippen LogP contribution >= 0.6 is 0 Å². The summed E-state index contributed by atoms with van der Waals surface area (Å²) in [6.45, 7) is 3.23. The van der Waals surface area contributed by atoms with E-state index in [1.807, 2.05) is 6.92 Å². The number of nitrogens with zero attached hydrogens (tertiary/aromatic N) is 2. The molecule has 114 valence electrons. The van der Waals surface area contributed by atoms with Gasteiger partial charge < -0.3 is 16.4 Å². The Kier molecular flexibility index (Phi) is 4.42. The molecule has 1 heterocycles. The van der Waals surface area contributed by atoms with E-state index in [9.17, 15) is 14.9 Å². The Hall–Kier alpha value is -2.15. The van der Waals surface area contributed by atoms with Crippen LogP contribution in [0.2, 0.25) is 0 Å². The van der Waals surface area contributed by atoms with E-state index in [1.165, 1.54) is 18.2 Å². The Morgan fingerprint density at radius 1 is 1.43 bits per heavy atom. The molecule has 1 unspecified atom stereocenters. The highest BCUT2D eigenvalue weighted by Gasteiger charge is 2.26. The number of nitrogen functional groups attached to an aromatic ring is 1. The molecule has 0 aliphatic carbocycles. The van der Waals surface area contributed by atoms with Crippen LogP contribution in [0.25, 0.3) is 0 Å². The van der Waals surface area contributed by atoms with Crippen LogP contribution in [-0.4, -0.2) is 34.9 Å². The third-order valence-corrected chi connectivity index (χ3v) is 4.04. The molecule has 1 saturated heterocycles. The molecule has 2 rings (SSSR count). The molecule has 7 heteroatoms. The fourth-order valence-electron chi connectivity index (χ4n) is 2.65. The zero-order valence-electron chi connectivity index (χ0n) is 12.0. The number of hydrogen-bond acceptors (Lipinski definition) is 5. The Balaban J connectivity index is 2.11. The van der Waals surface area contributed by atoms with E-state index in [-0.39, 0.29) is 23.3 Å². The van der Waals surface area contributed by atoms with Gasteiger partial charge in [0.25, 0.3) is 11.6 Å². The lowest BCUT2D eigenvalue weighted by atomic mass is 9.90. The van der Waals surface area contributed by atoms with Crippen molar-refractivity contribution in [2.75, 3.05) is 18.8 Å². The van der Waals surface area contributed by atoms with Gasteiger partial charge in [-0.05, 0) is 37.8 Å². The highest BCUT2D eigenvalue weighted by molar-refractivity contribution is 5.95. The van der Waals surface area contributed by atoms with Gasteiger partial charge in [-0.1, -0.05) is 0 Å². The number of nitro benzene ring substituents is 1. The van der Waals surface area contributed by atoms with Gasteiger partial charge in [-0.2, -0.15) is 0 Å². The van der Waals surface area contributed by atoms with Crippen LogP contribution in [0, 0.1) is 16.0 Å². The number of rotatable bonds is 3. The van der Waals surface area contributed by atoms with Crippen molar-refractivity contribution in [2.45, 2.75) is 25.8 Å². The average molecular weight is 292 g/mol.